The van der Waals surface area contributed by atoms with Gasteiger partial charge in [-0.15, -0.1) is 0 Å². The van der Waals surface area contributed by atoms with Gasteiger partial charge in [-0.25, -0.2) is 0 Å². The van der Waals surface area contributed by atoms with Gasteiger partial charge in [0.2, 0.25) is 0 Å². The Morgan fingerprint density at radius 2 is 1.88 bits per heavy atom. The van der Waals surface area contributed by atoms with Crippen LogP contribution in [0.3, 0.4) is 0 Å². The summed E-state index contributed by atoms with van der Waals surface area (Å²) in [5.41, 5.74) is 2.76. The number of phenols is 1. The quantitative estimate of drug-likeness (QED) is 0.376. The first-order valence-corrected chi connectivity index (χ1v) is 12.3. The molecule has 0 saturated carbocycles. The smallest absolute Gasteiger partial charge is 0.293 e. The fourth-order valence-corrected chi connectivity index (χ4v) is 4.89. The van der Waals surface area contributed by atoms with Crippen molar-refractivity contribution in [3.05, 3.63) is 54.8 Å². The van der Waals surface area contributed by atoms with Crippen LogP contribution in [0.5, 0.6) is 17.2 Å². The monoisotopic (exact) mass is 583 g/mol. The highest BCUT2D eigenvalue weighted by molar-refractivity contribution is 9.13. The maximum absolute atomic E-state index is 12.9. The minimum absolute atomic E-state index is 0.0568. The normalized spacial score (nSPS) is 15.2. The number of aryl methyl sites for hydroxylation is 1. The van der Waals surface area contributed by atoms with Gasteiger partial charge >= 0.3 is 0 Å². The Labute approximate surface area is 208 Å². The van der Waals surface area contributed by atoms with Crippen molar-refractivity contribution in [1.82, 2.24) is 4.90 Å². The van der Waals surface area contributed by atoms with Gasteiger partial charge in [-0.1, -0.05) is 26.0 Å². The summed E-state index contributed by atoms with van der Waals surface area (Å²) >= 11 is 7.56. The number of carbonyl (C=O) groups is 2. The molecule has 0 aromatic heterocycles. The molecule has 32 heavy (non-hydrogen) atoms. The van der Waals surface area contributed by atoms with Crippen molar-refractivity contribution in [2.75, 3.05) is 20.3 Å². The van der Waals surface area contributed by atoms with Crippen LogP contribution in [0.4, 0.5) is 4.79 Å². The van der Waals surface area contributed by atoms with Gasteiger partial charge in [0.15, 0.2) is 11.5 Å². The minimum Gasteiger partial charge on any atom is -0.503 e. The molecule has 1 heterocycles. The molecule has 170 valence electrons. The van der Waals surface area contributed by atoms with E-state index in [-0.39, 0.29) is 40.7 Å². The van der Waals surface area contributed by atoms with Crippen LogP contribution in [0.15, 0.2) is 38.1 Å². The van der Waals surface area contributed by atoms with Crippen LogP contribution in [0.25, 0.3) is 6.08 Å². The number of imide groups is 1. The van der Waals surface area contributed by atoms with Crippen LogP contribution in [-0.2, 0) is 4.79 Å². The Hall–Kier alpha value is -1.97. The summed E-state index contributed by atoms with van der Waals surface area (Å²) in [6.45, 7) is 6.53. The van der Waals surface area contributed by atoms with E-state index in [0.717, 1.165) is 28.6 Å². The highest BCUT2D eigenvalue weighted by atomic mass is 79.9. The first-order valence-electron chi connectivity index (χ1n) is 9.87. The molecule has 1 aliphatic heterocycles. The van der Waals surface area contributed by atoms with Gasteiger partial charge in [-0.3, -0.25) is 14.5 Å². The van der Waals surface area contributed by atoms with Crippen molar-refractivity contribution in [2.45, 2.75) is 26.7 Å². The fraction of sp³-hybridized carbons (Fsp3) is 0.304. The number of thioether (sulfide) groups is 1. The summed E-state index contributed by atoms with van der Waals surface area (Å²) in [7, 11) is 1.44. The molecule has 1 aliphatic rings. The van der Waals surface area contributed by atoms with Gasteiger partial charge in [0.05, 0.1) is 23.0 Å². The number of benzene rings is 2. The molecule has 2 amide bonds. The molecular weight excluding hydrogens is 562 g/mol. The van der Waals surface area contributed by atoms with Crippen molar-refractivity contribution in [1.29, 1.82) is 0 Å². The van der Waals surface area contributed by atoms with Gasteiger partial charge in [0.25, 0.3) is 11.1 Å². The molecule has 1 fully saturated rings. The van der Waals surface area contributed by atoms with Gasteiger partial charge in [0, 0.05) is 4.47 Å². The molecule has 1 N–H and O–H groups in total. The molecule has 6 nitrogen and oxygen atoms in total. The molecule has 2 aromatic carbocycles. The summed E-state index contributed by atoms with van der Waals surface area (Å²) in [4.78, 5) is 26.8. The molecule has 9 heteroatoms. The Morgan fingerprint density at radius 1 is 1.16 bits per heavy atom. The van der Waals surface area contributed by atoms with E-state index in [1.807, 2.05) is 25.1 Å². The molecule has 0 unspecified atom stereocenters. The minimum atomic E-state index is -0.382. The highest BCUT2D eigenvalue weighted by Crippen LogP contribution is 2.43. The van der Waals surface area contributed by atoms with E-state index in [9.17, 15) is 14.7 Å². The Morgan fingerprint density at radius 3 is 2.53 bits per heavy atom. The Bertz CT molecular complexity index is 1100. The summed E-state index contributed by atoms with van der Waals surface area (Å²) in [6, 6.07) is 7.64. The lowest BCUT2D eigenvalue weighted by molar-refractivity contribution is -0.123. The standard InChI is InChI=1S/C23H23Br2NO5S/c1-12(2)15-6-5-13(3)9-16(15)31-8-7-26-22(28)18(32-23(26)29)11-14-10-17(30-4)21(27)20(25)19(14)24/h5-6,9-12,27H,7-8H2,1-4H3/b18-11-. The largest absolute Gasteiger partial charge is 0.503 e. The number of rotatable bonds is 7. The zero-order chi connectivity index (χ0) is 23.6. The SMILES string of the molecule is COc1cc(/C=C2\SC(=O)N(CCOc3cc(C)ccc3C(C)C)C2=O)c(Br)c(Br)c1O. The third-order valence-corrected chi connectivity index (χ3v) is 7.98. The molecule has 0 atom stereocenters. The molecule has 0 spiro atoms. The zero-order valence-corrected chi connectivity index (χ0v) is 22.1. The second kappa shape index (κ2) is 10.3. The molecule has 3 rings (SSSR count). The van der Waals surface area contributed by atoms with Crippen molar-refractivity contribution in [2.24, 2.45) is 0 Å². The number of amides is 2. The van der Waals surface area contributed by atoms with Crippen molar-refractivity contribution in [3.63, 3.8) is 0 Å². The third-order valence-electron chi connectivity index (χ3n) is 4.92. The van der Waals surface area contributed by atoms with Crippen LogP contribution in [0, 0.1) is 6.92 Å². The van der Waals surface area contributed by atoms with Crippen molar-refractivity contribution < 1.29 is 24.2 Å². The van der Waals surface area contributed by atoms with Crippen molar-refractivity contribution >= 4 is 60.8 Å². The summed E-state index contributed by atoms with van der Waals surface area (Å²) in [5, 5.41) is 9.74. The van der Waals surface area contributed by atoms with Crippen LogP contribution in [0.1, 0.15) is 36.5 Å². The average Bonchev–Trinajstić information content (AvgIpc) is 3.01. The molecular formula is C23H23Br2NO5S. The third kappa shape index (κ3) is 5.15. The van der Waals surface area contributed by atoms with Gasteiger partial charge < -0.3 is 14.6 Å². The number of phenolic OH excluding ortho intramolecular Hbond substituents is 1. The molecule has 0 aliphatic carbocycles. The second-order valence-corrected chi connectivity index (χ2v) is 10.1. The van der Waals surface area contributed by atoms with Crippen LogP contribution in [-0.4, -0.2) is 41.4 Å². The van der Waals surface area contributed by atoms with E-state index < -0.39 is 0 Å². The lowest BCUT2D eigenvalue weighted by Crippen LogP contribution is -2.32. The van der Waals surface area contributed by atoms with E-state index in [4.69, 9.17) is 9.47 Å². The van der Waals surface area contributed by atoms with E-state index >= 15 is 0 Å². The second-order valence-electron chi connectivity index (χ2n) is 7.52. The topological polar surface area (TPSA) is 76.1 Å². The van der Waals surface area contributed by atoms with E-state index in [0.29, 0.717) is 20.4 Å². The lowest BCUT2D eigenvalue weighted by Gasteiger charge is -2.17. The average molecular weight is 585 g/mol. The van der Waals surface area contributed by atoms with Crippen molar-refractivity contribution in [3.8, 4) is 17.2 Å². The first-order chi connectivity index (χ1) is 15.1. The van der Waals surface area contributed by atoms with E-state index in [1.54, 1.807) is 12.1 Å². The number of ether oxygens (including phenoxy) is 2. The number of hydrogen-bond donors (Lipinski definition) is 1. The number of aromatic hydroxyl groups is 1. The summed E-state index contributed by atoms with van der Waals surface area (Å²) in [6.07, 6.45) is 1.60. The van der Waals surface area contributed by atoms with Gasteiger partial charge in [-0.2, -0.15) is 0 Å². The number of nitrogens with zero attached hydrogens (tertiary/aromatic N) is 1. The predicted octanol–water partition coefficient (Wildman–Crippen LogP) is 6.47. The van der Waals surface area contributed by atoms with Crippen LogP contribution < -0.4 is 9.47 Å². The maximum atomic E-state index is 12.9. The van der Waals surface area contributed by atoms with Crippen LogP contribution in [0.2, 0.25) is 0 Å². The number of halogens is 2. The predicted molar refractivity (Wildman–Crippen MR) is 133 cm³/mol. The molecule has 0 radical (unpaired) electrons. The zero-order valence-electron chi connectivity index (χ0n) is 18.1. The number of methoxy groups -OCH3 is 1. The van der Waals surface area contributed by atoms with Gasteiger partial charge in [0.1, 0.15) is 12.4 Å². The van der Waals surface area contributed by atoms with Gasteiger partial charge in [-0.05, 0) is 91.4 Å². The molecule has 1 saturated heterocycles. The summed E-state index contributed by atoms with van der Waals surface area (Å²) in [5.74, 6) is 0.877. The molecule has 0 bridgehead atoms. The maximum Gasteiger partial charge on any atom is 0.293 e. The first kappa shape index (κ1) is 24.7. The van der Waals surface area contributed by atoms with E-state index in [1.165, 1.54) is 12.0 Å². The van der Waals surface area contributed by atoms with Crippen LogP contribution >= 0.6 is 43.6 Å². The Balaban J connectivity index is 1.75. The lowest BCUT2D eigenvalue weighted by atomic mass is 10.0. The Kier molecular flexibility index (Phi) is 7.95. The fourth-order valence-electron chi connectivity index (χ4n) is 3.20. The van der Waals surface area contributed by atoms with E-state index in [2.05, 4.69) is 45.7 Å². The number of carbonyl (C=O) groups excluding carboxylic acids is 2. The number of hydrogen-bond acceptors (Lipinski definition) is 6. The summed E-state index contributed by atoms with van der Waals surface area (Å²) < 4.78 is 12.1. The molecule has 2 aromatic rings. The highest BCUT2D eigenvalue weighted by Gasteiger charge is 2.35.